The molecule has 3 aromatic carbocycles. The van der Waals surface area contributed by atoms with Gasteiger partial charge in [0.1, 0.15) is 0 Å². The monoisotopic (exact) mass is 453 g/mol. The molecule has 4 rings (SSSR count). The average Bonchev–Trinajstić information content (AvgIpc) is 3.36. The second-order valence-corrected chi connectivity index (χ2v) is 8.50. The summed E-state index contributed by atoms with van der Waals surface area (Å²) >= 11 is 1.44. The van der Waals surface area contributed by atoms with E-state index in [1.165, 1.54) is 11.3 Å². The Bertz CT molecular complexity index is 1340. The lowest BCUT2D eigenvalue weighted by Crippen LogP contribution is -2.27. The molecule has 1 atom stereocenters. The van der Waals surface area contributed by atoms with Crippen LogP contribution >= 0.6 is 11.3 Å². The molecule has 7 heteroatoms. The van der Waals surface area contributed by atoms with Crippen LogP contribution in [-0.4, -0.2) is 18.4 Å². The lowest BCUT2D eigenvalue weighted by Gasteiger charge is -2.13. The van der Waals surface area contributed by atoms with Crippen LogP contribution in [0.3, 0.4) is 0 Å². The lowest BCUT2D eigenvalue weighted by atomic mass is 9.97. The van der Waals surface area contributed by atoms with Crippen molar-refractivity contribution < 1.29 is 9.59 Å². The molecule has 6 nitrogen and oxygen atoms in total. The maximum atomic E-state index is 13.0. The standard InChI is InChI=1S/C26H21N4O2S/c27-14-23(24-8-3-11-33-24)30-26(32)22-7-2-6-20-13-19(9-10-21(20)22)18-5-1-4-17(12-18)15-29-16-25(28)31/h1-13,23,28-29H,15-16H2,(H,30,32). The number of hydrogen-bond donors (Lipinski definition) is 2. The van der Waals surface area contributed by atoms with E-state index in [2.05, 4.69) is 16.7 Å². The fourth-order valence-electron chi connectivity index (χ4n) is 3.67. The normalized spacial score (nSPS) is 11.6. The zero-order chi connectivity index (χ0) is 23.2. The van der Waals surface area contributed by atoms with Crippen molar-refractivity contribution in [2.75, 3.05) is 6.54 Å². The first-order valence-corrected chi connectivity index (χ1v) is 11.2. The van der Waals surface area contributed by atoms with E-state index in [1.807, 2.05) is 72.1 Å². The fraction of sp³-hybridized carbons (Fsp3) is 0.115. The third-order valence-corrected chi connectivity index (χ3v) is 6.17. The quantitative estimate of drug-likeness (QED) is 0.411. The highest BCUT2D eigenvalue weighted by molar-refractivity contribution is 7.10. The molecule has 0 saturated heterocycles. The first-order chi connectivity index (χ1) is 16.0. The van der Waals surface area contributed by atoms with E-state index >= 15 is 0 Å². The Morgan fingerprint density at radius 3 is 2.58 bits per heavy atom. The number of rotatable bonds is 8. The van der Waals surface area contributed by atoms with Crippen molar-refractivity contribution in [2.24, 2.45) is 0 Å². The molecule has 0 saturated carbocycles. The van der Waals surface area contributed by atoms with Crippen LogP contribution in [0.1, 0.15) is 26.8 Å². The minimum atomic E-state index is -0.686. The molecule has 2 amide bonds. The first-order valence-electron chi connectivity index (χ1n) is 10.4. The number of carbonyl (C=O) groups is 2. The average molecular weight is 454 g/mol. The zero-order valence-corrected chi connectivity index (χ0v) is 18.5. The molecule has 0 aliphatic heterocycles. The number of amides is 2. The highest BCUT2D eigenvalue weighted by Crippen LogP contribution is 2.28. The van der Waals surface area contributed by atoms with E-state index in [1.54, 1.807) is 6.07 Å². The van der Waals surface area contributed by atoms with Gasteiger partial charge in [-0.3, -0.25) is 15.3 Å². The van der Waals surface area contributed by atoms with Crippen molar-refractivity contribution in [3.8, 4) is 17.2 Å². The Balaban J connectivity index is 1.58. The Hall–Kier alpha value is -3.99. The Morgan fingerprint density at radius 1 is 1.00 bits per heavy atom. The third kappa shape index (κ3) is 5.26. The molecule has 1 unspecified atom stereocenters. The zero-order valence-electron chi connectivity index (χ0n) is 17.7. The molecule has 3 N–H and O–H groups in total. The summed E-state index contributed by atoms with van der Waals surface area (Å²) in [5.41, 5.74) is 10.5. The van der Waals surface area contributed by atoms with E-state index < -0.39 is 11.9 Å². The summed E-state index contributed by atoms with van der Waals surface area (Å²) in [6, 6.07) is 24.6. The number of hydrogen-bond acceptors (Lipinski definition) is 5. The fourth-order valence-corrected chi connectivity index (χ4v) is 4.39. The molecule has 0 fully saturated rings. The van der Waals surface area contributed by atoms with Crippen molar-refractivity contribution in [2.45, 2.75) is 12.6 Å². The predicted molar refractivity (Wildman–Crippen MR) is 129 cm³/mol. The van der Waals surface area contributed by atoms with Gasteiger partial charge in [-0.25, -0.2) is 0 Å². The number of benzene rings is 3. The van der Waals surface area contributed by atoms with Gasteiger partial charge in [-0.2, -0.15) is 5.26 Å². The SMILES string of the molecule is N#CC(NC(=O)c1cccc2cc(-c3cccc(CNCC([NH])=O)c3)ccc12)c1cccs1. The number of nitrogens with one attached hydrogen (secondary N) is 3. The lowest BCUT2D eigenvalue weighted by molar-refractivity contribution is -0.117. The largest absolute Gasteiger partial charge is 0.332 e. The molecule has 0 aliphatic rings. The van der Waals surface area contributed by atoms with Crippen molar-refractivity contribution >= 4 is 33.9 Å². The van der Waals surface area contributed by atoms with Crippen LogP contribution < -0.4 is 16.4 Å². The van der Waals surface area contributed by atoms with E-state index in [-0.39, 0.29) is 12.5 Å². The Morgan fingerprint density at radius 2 is 1.82 bits per heavy atom. The van der Waals surface area contributed by atoms with Crippen LogP contribution in [0.5, 0.6) is 0 Å². The van der Waals surface area contributed by atoms with Gasteiger partial charge >= 0.3 is 0 Å². The second-order valence-electron chi connectivity index (χ2n) is 7.52. The van der Waals surface area contributed by atoms with E-state index in [0.717, 1.165) is 32.3 Å². The van der Waals surface area contributed by atoms with Crippen LogP contribution in [0, 0.1) is 11.3 Å². The smallest absolute Gasteiger partial charge is 0.253 e. The number of nitriles is 1. The second kappa shape index (κ2) is 10.1. The van der Waals surface area contributed by atoms with Crippen molar-refractivity contribution in [1.82, 2.24) is 16.4 Å². The number of thiophene rings is 1. The third-order valence-electron chi connectivity index (χ3n) is 5.23. The number of carbonyl (C=O) groups excluding carboxylic acids is 2. The van der Waals surface area contributed by atoms with Crippen molar-refractivity contribution in [3.63, 3.8) is 0 Å². The summed E-state index contributed by atoms with van der Waals surface area (Å²) in [4.78, 5) is 24.6. The summed E-state index contributed by atoms with van der Waals surface area (Å²) in [5.74, 6) is -0.928. The van der Waals surface area contributed by atoms with Gasteiger partial charge in [-0.1, -0.05) is 48.5 Å². The summed E-state index contributed by atoms with van der Waals surface area (Å²) in [6.07, 6.45) is 0. The number of nitrogens with zero attached hydrogens (tertiary/aromatic N) is 1. The molecule has 33 heavy (non-hydrogen) atoms. The summed E-state index contributed by atoms with van der Waals surface area (Å²) in [7, 11) is 0. The minimum absolute atomic E-state index is 0.0180. The highest BCUT2D eigenvalue weighted by atomic mass is 32.1. The maximum Gasteiger partial charge on any atom is 0.253 e. The summed E-state index contributed by atoms with van der Waals surface area (Å²) in [5, 5.41) is 18.9. The van der Waals surface area contributed by atoms with Gasteiger partial charge in [0.2, 0.25) is 0 Å². The maximum absolute atomic E-state index is 13.0. The van der Waals surface area contributed by atoms with Gasteiger partial charge in [0.25, 0.3) is 11.8 Å². The minimum Gasteiger partial charge on any atom is -0.332 e. The van der Waals surface area contributed by atoms with E-state index in [0.29, 0.717) is 12.1 Å². The van der Waals surface area contributed by atoms with Gasteiger partial charge in [0.05, 0.1) is 12.6 Å². The van der Waals surface area contributed by atoms with Crippen LogP contribution in [0.2, 0.25) is 0 Å². The van der Waals surface area contributed by atoms with Crippen LogP contribution in [0.15, 0.2) is 78.2 Å². The molecule has 0 spiro atoms. The molecule has 4 aromatic rings. The first kappa shape index (κ1) is 22.2. The molecular formula is C26H21N4O2S. The highest BCUT2D eigenvalue weighted by Gasteiger charge is 2.17. The summed E-state index contributed by atoms with van der Waals surface area (Å²) in [6.45, 7) is 0.519. The Kier molecular flexibility index (Phi) is 6.79. The van der Waals surface area contributed by atoms with Crippen LogP contribution in [0.4, 0.5) is 0 Å². The van der Waals surface area contributed by atoms with Gasteiger partial charge < -0.3 is 10.6 Å². The predicted octanol–water partition coefficient (Wildman–Crippen LogP) is 4.46. The van der Waals surface area contributed by atoms with Crippen molar-refractivity contribution in [1.29, 1.82) is 5.26 Å². The molecular weight excluding hydrogens is 432 g/mol. The molecule has 163 valence electrons. The molecule has 0 aliphatic carbocycles. The van der Waals surface area contributed by atoms with Crippen LogP contribution in [-0.2, 0) is 11.3 Å². The van der Waals surface area contributed by atoms with Gasteiger partial charge in [-0.05, 0) is 57.1 Å². The molecule has 0 bridgehead atoms. The molecule has 1 heterocycles. The van der Waals surface area contributed by atoms with Gasteiger partial charge in [0, 0.05) is 17.0 Å². The van der Waals surface area contributed by atoms with E-state index in [4.69, 9.17) is 5.73 Å². The van der Waals surface area contributed by atoms with Gasteiger partial charge in [0.15, 0.2) is 6.04 Å². The summed E-state index contributed by atoms with van der Waals surface area (Å²) < 4.78 is 0. The number of fused-ring (bicyclic) bond motifs is 1. The van der Waals surface area contributed by atoms with Crippen LogP contribution in [0.25, 0.3) is 21.9 Å². The molecule has 1 aromatic heterocycles. The molecule has 1 radical (unpaired) electrons. The Labute approximate surface area is 195 Å². The van der Waals surface area contributed by atoms with E-state index in [9.17, 15) is 14.9 Å². The van der Waals surface area contributed by atoms with Gasteiger partial charge in [-0.15, -0.1) is 11.3 Å². The van der Waals surface area contributed by atoms with Crippen molar-refractivity contribution in [3.05, 3.63) is 94.2 Å². The topological polar surface area (TPSA) is 106 Å².